The van der Waals surface area contributed by atoms with E-state index < -0.39 is 113 Å². The van der Waals surface area contributed by atoms with Gasteiger partial charge in [0.15, 0.2) is 30.1 Å². The molecule has 16 heteroatoms. The number of hydrogen-bond acceptors (Lipinski definition) is 15. The van der Waals surface area contributed by atoms with Crippen LogP contribution in [0.15, 0.2) is 0 Å². The number of hydrogen-bond donors (Lipinski definition) is 2. The van der Waals surface area contributed by atoms with Crippen molar-refractivity contribution < 1.29 is 72.1 Å². The molecule has 3 aliphatic rings. The molecule has 0 aromatic heterocycles. The third-order valence-corrected chi connectivity index (χ3v) is 12.1. The SMILES string of the molecule is CC[C@H]1OC(=[OH+])[C@H](C)[C@@H](O[C@H]2C[C@@](C)(OC)C(=O)[C@H](C)O2)[C@H](C)[C@@H](O[C@@H]2O[C@H](C)C[C@H](N(C)C)[C@H]2OC(C)=O)[C@@](C)(O)C[C@@H](C)C(=O)[C@H](C)[C@@H](OC(C)=O)[C@]1(C)O. The zero-order valence-electron chi connectivity index (χ0n) is 36.6. The summed E-state index contributed by atoms with van der Waals surface area (Å²) in [6, 6.07) is -0.335. The lowest BCUT2D eigenvalue weighted by Gasteiger charge is -2.48. The molecule has 0 unspecified atom stereocenters. The van der Waals surface area contributed by atoms with Crippen molar-refractivity contribution in [2.75, 3.05) is 21.2 Å². The Morgan fingerprint density at radius 1 is 0.877 bits per heavy atom. The summed E-state index contributed by atoms with van der Waals surface area (Å²) in [4.78, 5) is 66.0. The molecular formula is C41H70NO15+. The molecule has 3 heterocycles. The number of Topliss-reactive ketones (excluding diaryl/α,β-unsaturated/α-hetero) is 2. The maximum Gasteiger partial charge on any atom is 0.488 e. The van der Waals surface area contributed by atoms with Gasteiger partial charge in [-0.05, 0) is 68.5 Å². The van der Waals surface area contributed by atoms with Crippen molar-refractivity contribution in [1.82, 2.24) is 4.90 Å². The van der Waals surface area contributed by atoms with Gasteiger partial charge < -0.3 is 57.8 Å². The normalized spacial score (nSPS) is 44.2. The van der Waals surface area contributed by atoms with Crippen LogP contribution in [0.25, 0.3) is 0 Å². The standard InChI is InChI=1S/C41H69NO15/c1-16-29-41(12,49)36(54-27(9)44)22(4)31(45)20(2)18-39(10,48)35(57-38-33(53-26(8)43)28(42(13)14)17-21(3)51-38)23(5)32(24(6)37(47)55-29)56-30-19-40(11,50-15)34(46)25(7)52-30/h20-25,28-30,32-33,35-36,38,48-49H,16-19H2,1-15H3/p+1/t20-,21-,22+,23+,24-,25+,28+,29-,30+,32+,33-,35-,36-,38+,39+,40-,41-/m1/s1. The van der Waals surface area contributed by atoms with Crippen molar-refractivity contribution in [1.29, 1.82) is 0 Å². The number of cyclic esters (lactones) is 1. The number of methoxy groups -OCH3 is 1. The van der Waals surface area contributed by atoms with Gasteiger partial charge in [-0.1, -0.05) is 27.7 Å². The van der Waals surface area contributed by atoms with Gasteiger partial charge in [0.1, 0.15) is 29.5 Å². The van der Waals surface area contributed by atoms with Crippen LogP contribution in [-0.4, -0.2) is 149 Å². The number of nitrogens with zero attached hydrogens (tertiary/aromatic N) is 1. The predicted molar refractivity (Wildman–Crippen MR) is 206 cm³/mol. The molecule has 328 valence electrons. The van der Waals surface area contributed by atoms with Crippen molar-refractivity contribution >= 4 is 29.5 Å². The van der Waals surface area contributed by atoms with Crippen molar-refractivity contribution in [2.45, 2.75) is 187 Å². The Bertz CT molecular complexity index is 1430. The number of ether oxygens (including phenoxy) is 8. The van der Waals surface area contributed by atoms with E-state index in [0.29, 0.717) is 6.42 Å². The van der Waals surface area contributed by atoms with Crippen LogP contribution in [0.4, 0.5) is 0 Å². The minimum atomic E-state index is -1.99. The Balaban J connectivity index is 2.28. The van der Waals surface area contributed by atoms with Gasteiger partial charge in [0.2, 0.25) is 6.10 Å². The van der Waals surface area contributed by atoms with Crippen molar-refractivity contribution in [3.8, 4) is 0 Å². The number of ketones is 2. The lowest BCUT2D eigenvalue weighted by Crippen LogP contribution is -2.61. The van der Waals surface area contributed by atoms with Crippen LogP contribution in [0.5, 0.6) is 0 Å². The summed E-state index contributed by atoms with van der Waals surface area (Å²) in [5.74, 6) is -6.46. The first kappa shape index (κ1) is 48.8. The van der Waals surface area contributed by atoms with E-state index >= 15 is 0 Å². The van der Waals surface area contributed by atoms with Crippen LogP contribution >= 0.6 is 0 Å². The molecule has 57 heavy (non-hydrogen) atoms. The molecule has 0 aromatic rings. The maximum atomic E-state index is 14.3. The van der Waals surface area contributed by atoms with E-state index in [1.54, 1.807) is 41.5 Å². The first-order valence-corrected chi connectivity index (χ1v) is 20.1. The smallest absolute Gasteiger partial charge is 0.458 e. The highest BCUT2D eigenvalue weighted by Crippen LogP contribution is 2.41. The second kappa shape index (κ2) is 19.2. The Kier molecular flexibility index (Phi) is 16.4. The predicted octanol–water partition coefficient (Wildman–Crippen LogP) is 3.11. The Hall–Kier alpha value is -2.57. The Labute approximate surface area is 337 Å². The average molecular weight is 817 g/mol. The highest BCUT2D eigenvalue weighted by atomic mass is 16.7. The summed E-state index contributed by atoms with van der Waals surface area (Å²) in [6.07, 6.45) is -9.02. The number of aliphatic hydroxyl groups is 2. The quantitative estimate of drug-likeness (QED) is 0.195. The van der Waals surface area contributed by atoms with Gasteiger partial charge >= 0.3 is 17.9 Å². The van der Waals surface area contributed by atoms with Gasteiger partial charge in [0.25, 0.3) is 0 Å². The average Bonchev–Trinajstić information content (AvgIpc) is 3.11. The number of carbonyl (C=O) groups is 4. The molecule has 0 radical (unpaired) electrons. The third kappa shape index (κ3) is 11.2. The maximum absolute atomic E-state index is 14.3. The lowest BCUT2D eigenvalue weighted by atomic mass is 9.74. The number of esters is 3. The van der Waals surface area contributed by atoms with Crippen LogP contribution in [0.1, 0.15) is 109 Å². The summed E-state index contributed by atoms with van der Waals surface area (Å²) < 4.78 is 49.1. The van der Waals surface area contributed by atoms with Crippen molar-refractivity contribution in [2.24, 2.45) is 23.7 Å². The van der Waals surface area contributed by atoms with Crippen LogP contribution < -0.4 is 0 Å². The van der Waals surface area contributed by atoms with E-state index in [1.807, 2.05) is 25.9 Å². The highest BCUT2D eigenvalue weighted by Gasteiger charge is 2.56. The van der Waals surface area contributed by atoms with Gasteiger partial charge in [-0.3, -0.25) is 19.2 Å². The molecule has 3 saturated heterocycles. The lowest BCUT2D eigenvalue weighted by molar-refractivity contribution is -0.308. The molecular weight excluding hydrogens is 746 g/mol. The van der Waals surface area contributed by atoms with Crippen molar-refractivity contribution in [3.05, 3.63) is 0 Å². The van der Waals surface area contributed by atoms with Crippen LogP contribution in [-0.2, 0) is 57.1 Å². The minimum Gasteiger partial charge on any atom is -0.458 e. The highest BCUT2D eigenvalue weighted by molar-refractivity contribution is 5.91. The fourth-order valence-corrected chi connectivity index (χ4v) is 8.97. The zero-order valence-corrected chi connectivity index (χ0v) is 36.6. The van der Waals surface area contributed by atoms with E-state index in [9.17, 15) is 34.2 Å². The molecule has 3 fully saturated rings. The molecule has 0 saturated carbocycles. The summed E-state index contributed by atoms with van der Waals surface area (Å²) in [7, 11) is 5.12. The second-order valence-corrected chi connectivity index (χ2v) is 17.4. The Morgan fingerprint density at radius 3 is 2.00 bits per heavy atom. The molecule has 0 bridgehead atoms. The second-order valence-electron chi connectivity index (χ2n) is 17.4. The topological polar surface area (TPSA) is 207 Å². The first-order chi connectivity index (χ1) is 26.2. The van der Waals surface area contributed by atoms with Crippen molar-refractivity contribution in [3.63, 3.8) is 0 Å². The molecule has 3 N–H and O–H groups in total. The van der Waals surface area contributed by atoms with Crippen LogP contribution in [0.3, 0.4) is 0 Å². The fraction of sp³-hybridized carbons (Fsp3) is 0.878. The number of rotatable bonds is 9. The number of likely N-dealkylation sites (N-methyl/N-ethyl adjacent to an activating group) is 1. The fourth-order valence-electron chi connectivity index (χ4n) is 8.97. The first-order valence-electron chi connectivity index (χ1n) is 20.1. The molecule has 3 rings (SSSR count). The molecule has 16 nitrogen and oxygen atoms in total. The molecule has 3 aliphatic heterocycles. The third-order valence-electron chi connectivity index (χ3n) is 12.1. The zero-order chi connectivity index (χ0) is 43.5. The summed E-state index contributed by atoms with van der Waals surface area (Å²) in [5.41, 5.74) is -5.12. The van der Waals surface area contributed by atoms with Crippen LogP contribution in [0.2, 0.25) is 0 Å². The van der Waals surface area contributed by atoms with Gasteiger partial charge in [0, 0.05) is 45.6 Å². The van der Waals surface area contributed by atoms with Gasteiger partial charge in [0.05, 0.1) is 35.9 Å². The monoisotopic (exact) mass is 816 g/mol. The van der Waals surface area contributed by atoms with Crippen LogP contribution in [0, 0.1) is 23.7 Å². The van der Waals surface area contributed by atoms with E-state index in [-0.39, 0.29) is 37.2 Å². The van der Waals surface area contributed by atoms with E-state index in [2.05, 4.69) is 0 Å². The van der Waals surface area contributed by atoms with E-state index in [0.717, 1.165) is 0 Å². The molecule has 0 aromatic carbocycles. The minimum absolute atomic E-state index is 0.0196. The van der Waals surface area contributed by atoms with E-state index in [4.69, 9.17) is 37.9 Å². The summed E-state index contributed by atoms with van der Waals surface area (Å²) in [6.45, 7) is 18.7. The Morgan fingerprint density at radius 2 is 1.47 bits per heavy atom. The molecule has 0 amide bonds. The summed E-state index contributed by atoms with van der Waals surface area (Å²) >= 11 is 0. The molecule has 17 atom stereocenters. The molecule has 0 spiro atoms. The number of carbonyl (C=O) groups excluding carboxylic acids is 5. The summed E-state index contributed by atoms with van der Waals surface area (Å²) in [5, 5.41) is 24.7. The largest absolute Gasteiger partial charge is 0.488 e. The van der Waals surface area contributed by atoms with Gasteiger partial charge in [-0.25, -0.2) is 0 Å². The van der Waals surface area contributed by atoms with Gasteiger partial charge in [-0.2, -0.15) is 0 Å². The van der Waals surface area contributed by atoms with E-state index in [1.165, 1.54) is 41.7 Å². The molecule has 0 aliphatic carbocycles. The van der Waals surface area contributed by atoms with Gasteiger partial charge in [-0.15, -0.1) is 0 Å².